The first kappa shape index (κ1) is 10.8. The Hall–Kier alpha value is -1.68. The molecule has 16 heavy (non-hydrogen) atoms. The fourth-order valence-corrected chi connectivity index (χ4v) is 1.76. The molecule has 0 atom stereocenters. The first-order valence-electron chi connectivity index (χ1n) is 5.32. The monoisotopic (exact) mass is 218 g/mol. The van der Waals surface area contributed by atoms with Crippen molar-refractivity contribution in [2.24, 2.45) is 5.73 Å². The quantitative estimate of drug-likeness (QED) is 0.763. The third kappa shape index (κ3) is 2.12. The van der Waals surface area contributed by atoms with Gasteiger partial charge in [-0.25, -0.2) is 0 Å². The first-order valence-corrected chi connectivity index (χ1v) is 5.32. The predicted molar refractivity (Wildman–Crippen MR) is 59.1 cm³/mol. The fraction of sp³-hybridized carbons (Fsp3) is 0.333. The van der Waals surface area contributed by atoms with Gasteiger partial charge in [-0.2, -0.15) is 0 Å². The van der Waals surface area contributed by atoms with Crippen LogP contribution in [0.25, 0.3) is 0 Å². The second kappa shape index (κ2) is 4.45. The molecular weight excluding hydrogens is 204 g/mol. The number of hydrogen-bond donors (Lipinski definition) is 1. The van der Waals surface area contributed by atoms with Gasteiger partial charge >= 0.3 is 0 Å². The van der Waals surface area contributed by atoms with Crippen LogP contribution in [0.2, 0.25) is 0 Å². The normalized spacial score (nSPS) is 15.9. The highest BCUT2D eigenvalue weighted by atomic mass is 16.2. The highest BCUT2D eigenvalue weighted by Crippen LogP contribution is 2.16. The Morgan fingerprint density at radius 3 is 2.00 bits per heavy atom. The average Bonchev–Trinajstić information content (AvgIpc) is 2.62. The average molecular weight is 218 g/mol. The SMILES string of the molecule is NCc1ccc(CN2C(=O)CCC2=O)cc1. The van der Waals surface area contributed by atoms with Gasteiger partial charge in [0, 0.05) is 19.4 Å². The van der Waals surface area contributed by atoms with Crippen molar-refractivity contribution in [3.63, 3.8) is 0 Å². The summed E-state index contributed by atoms with van der Waals surface area (Å²) >= 11 is 0. The Balaban J connectivity index is 2.08. The summed E-state index contributed by atoms with van der Waals surface area (Å²) in [5.74, 6) is -0.152. The number of rotatable bonds is 3. The molecule has 1 fully saturated rings. The first-order chi connectivity index (χ1) is 7.70. The smallest absolute Gasteiger partial charge is 0.229 e. The number of carbonyl (C=O) groups excluding carboxylic acids is 2. The van der Waals surface area contributed by atoms with E-state index in [4.69, 9.17) is 5.73 Å². The molecule has 0 spiro atoms. The second-order valence-corrected chi connectivity index (χ2v) is 3.89. The summed E-state index contributed by atoms with van der Waals surface area (Å²) < 4.78 is 0. The van der Waals surface area contributed by atoms with E-state index in [9.17, 15) is 9.59 Å². The van der Waals surface area contributed by atoms with Crippen molar-refractivity contribution >= 4 is 11.8 Å². The molecule has 0 aromatic heterocycles. The molecule has 2 N–H and O–H groups in total. The molecular formula is C12H14N2O2. The molecule has 0 aliphatic carbocycles. The minimum absolute atomic E-state index is 0.0760. The van der Waals surface area contributed by atoms with E-state index < -0.39 is 0 Å². The van der Waals surface area contributed by atoms with Crippen molar-refractivity contribution in [3.05, 3.63) is 35.4 Å². The van der Waals surface area contributed by atoms with Crippen molar-refractivity contribution in [1.82, 2.24) is 4.90 Å². The number of imide groups is 1. The third-order valence-electron chi connectivity index (χ3n) is 2.75. The van der Waals surface area contributed by atoms with Crippen molar-refractivity contribution in [1.29, 1.82) is 0 Å². The maximum atomic E-state index is 11.4. The lowest BCUT2D eigenvalue weighted by molar-refractivity contribution is -0.139. The van der Waals surface area contributed by atoms with Crippen LogP contribution in [0.15, 0.2) is 24.3 Å². The standard InChI is InChI=1S/C12H14N2O2/c13-7-9-1-3-10(4-2-9)8-14-11(15)5-6-12(14)16/h1-4H,5-8,13H2. The molecule has 1 heterocycles. The number of nitrogens with two attached hydrogens (primary N) is 1. The van der Waals surface area contributed by atoms with Gasteiger partial charge in [0.2, 0.25) is 11.8 Å². The van der Waals surface area contributed by atoms with E-state index in [-0.39, 0.29) is 11.8 Å². The van der Waals surface area contributed by atoms with Crippen LogP contribution in [-0.2, 0) is 22.7 Å². The molecule has 1 saturated heterocycles. The highest BCUT2D eigenvalue weighted by molar-refractivity contribution is 6.01. The van der Waals surface area contributed by atoms with Crippen molar-refractivity contribution in [2.75, 3.05) is 0 Å². The summed E-state index contributed by atoms with van der Waals surface area (Å²) in [5.41, 5.74) is 7.49. The summed E-state index contributed by atoms with van der Waals surface area (Å²) in [4.78, 5) is 24.1. The molecule has 1 aliphatic rings. The van der Waals surface area contributed by atoms with Crippen molar-refractivity contribution in [2.45, 2.75) is 25.9 Å². The van der Waals surface area contributed by atoms with Gasteiger partial charge < -0.3 is 5.73 Å². The van der Waals surface area contributed by atoms with E-state index in [0.29, 0.717) is 25.9 Å². The molecule has 4 heteroatoms. The zero-order valence-corrected chi connectivity index (χ0v) is 8.98. The molecule has 0 bridgehead atoms. The van der Waals surface area contributed by atoms with Crippen LogP contribution < -0.4 is 5.73 Å². The molecule has 0 saturated carbocycles. The number of likely N-dealkylation sites (tertiary alicyclic amines) is 1. The van der Waals surface area contributed by atoms with Crippen molar-refractivity contribution < 1.29 is 9.59 Å². The third-order valence-corrected chi connectivity index (χ3v) is 2.75. The molecule has 2 rings (SSSR count). The zero-order valence-electron chi connectivity index (χ0n) is 8.98. The van der Waals surface area contributed by atoms with Crippen LogP contribution in [0.5, 0.6) is 0 Å². The Morgan fingerprint density at radius 1 is 1.00 bits per heavy atom. The van der Waals surface area contributed by atoms with Gasteiger partial charge in [-0.15, -0.1) is 0 Å². The molecule has 84 valence electrons. The molecule has 1 aromatic carbocycles. The van der Waals surface area contributed by atoms with Crippen LogP contribution >= 0.6 is 0 Å². The minimum atomic E-state index is -0.0760. The predicted octanol–water partition coefficient (Wildman–Crippen LogP) is 0.794. The number of carbonyl (C=O) groups is 2. The van der Waals surface area contributed by atoms with Gasteiger partial charge in [0.15, 0.2) is 0 Å². The molecule has 1 aromatic rings. The van der Waals surface area contributed by atoms with E-state index in [1.165, 1.54) is 4.90 Å². The molecule has 0 radical (unpaired) electrons. The minimum Gasteiger partial charge on any atom is -0.326 e. The van der Waals surface area contributed by atoms with E-state index in [2.05, 4.69) is 0 Å². The fourth-order valence-electron chi connectivity index (χ4n) is 1.76. The van der Waals surface area contributed by atoms with Gasteiger partial charge in [-0.05, 0) is 11.1 Å². The highest BCUT2D eigenvalue weighted by Gasteiger charge is 2.28. The summed E-state index contributed by atoms with van der Waals surface area (Å²) in [7, 11) is 0. The van der Waals surface area contributed by atoms with Crippen LogP contribution in [0.4, 0.5) is 0 Å². The number of nitrogens with zero attached hydrogens (tertiary/aromatic N) is 1. The summed E-state index contributed by atoms with van der Waals surface area (Å²) in [6, 6.07) is 7.64. The molecule has 4 nitrogen and oxygen atoms in total. The summed E-state index contributed by atoms with van der Waals surface area (Å²) in [6.45, 7) is 0.879. The van der Waals surface area contributed by atoms with E-state index >= 15 is 0 Å². The maximum Gasteiger partial charge on any atom is 0.229 e. The maximum absolute atomic E-state index is 11.4. The lowest BCUT2D eigenvalue weighted by Crippen LogP contribution is -2.28. The molecule has 0 unspecified atom stereocenters. The Kier molecular flexibility index (Phi) is 3.01. The lowest BCUT2D eigenvalue weighted by atomic mass is 10.1. The van der Waals surface area contributed by atoms with Gasteiger partial charge in [-0.3, -0.25) is 14.5 Å². The number of benzene rings is 1. The second-order valence-electron chi connectivity index (χ2n) is 3.89. The molecule has 1 aliphatic heterocycles. The molecule has 2 amide bonds. The van der Waals surface area contributed by atoms with Crippen LogP contribution in [0, 0.1) is 0 Å². The van der Waals surface area contributed by atoms with Crippen LogP contribution in [-0.4, -0.2) is 16.7 Å². The zero-order chi connectivity index (χ0) is 11.5. The van der Waals surface area contributed by atoms with Crippen LogP contribution in [0.3, 0.4) is 0 Å². The van der Waals surface area contributed by atoms with Gasteiger partial charge in [0.25, 0.3) is 0 Å². The van der Waals surface area contributed by atoms with Gasteiger partial charge in [0.05, 0.1) is 6.54 Å². The van der Waals surface area contributed by atoms with E-state index in [0.717, 1.165) is 11.1 Å². The number of hydrogen-bond acceptors (Lipinski definition) is 3. The topological polar surface area (TPSA) is 63.4 Å². The van der Waals surface area contributed by atoms with E-state index in [1.54, 1.807) is 0 Å². The Morgan fingerprint density at radius 2 is 1.50 bits per heavy atom. The summed E-state index contributed by atoms with van der Waals surface area (Å²) in [6.07, 6.45) is 0.694. The largest absolute Gasteiger partial charge is 0.326 e. The Bertz CT molecular complexity index is 396. The van der Waals surface area contributed by atoms with Crippen LogP contribution in [0.1, 0.15) is 24.0 Å². The van der Waals surface area contributed by atoms with Gasteiger partial charge in [0.1, 0.15) is 0 Å². The lowest BCUT2D eigenvalue weighted by Gasteiger charge is -2.13. The van der Waals surface area contributed by atoms with Crippen molar-refractivity contribution in [3.8, 4) is 0 Å². The Labute approximate surface area is 94.0 Å². The van der Waals surface area contributed by atoms with Gasteiger partial charge in [-0.1, -0.05) is 24.3 Å². The van der Waals surface area contributed by atoms with E-state index in [1.807, 2.05) is 24.3 Å². The number of amides is 2. The summed E-state index contributed by atoms with van der Waals surface area (Å²) in [5, 5.41) is 0.